The zero-order valence-corrected chi connectivity index (χ0v) is 14.2. The summed E-state index contributed by atoms with van der Waals surface area (Å²) in [5, 5.41) is 23.3. The van der Waals surface area contributed by atoms with Gasteiger partial charge in [0.2, 0.25) is 0 Å². The Bertz CT molecular complexity index is 485. The van der Waals surface area contributed by atoms with E-state index in [2.05, 4.69) is 10.2 Å². The van der Waals surface area contributed by atoms with Gasteiger partial charge in [-0.15, -0.1) is 0 Å². The van der Waals surface area contributed by atoms with Crippen LogP contribution < -0.4 is 5.32 Å². The van der Waals surface area contributed by atoms with E-state index < -0.39 is 0 Å². The van der Waals surface area contributed by atoms with Crippen LogP contribution in [0.4, 0.5) is 0 Å². The van der Waals surface area contributed by atoms with E-state index in [1.165, 1.54) is 12.5 Å². The number of likely N-dealkylation sites (tertiary alicyclic amines) is 1. The Balaban J connectivity index is 1.64. The van der Waals surface area contributed by atoms with E-state index in [1.54, 1.807) is 6.07 Å². The molecule has 1 aromatic carbocycles. The fraction of sp³-hybridized carbons (Fsp3) is 0.625. The van der Waals surface area contributed by atoms with Gasteiger partial charge in [0, 0.05) is 23.2 Å². The normalized spacial score (nSPS) is 19.0. The monoisotopic (exact) mass is 346 g/mol. The van der Waals surface area contributed by atoms with Crippen LogP contribution in [-0.4, -0.2) is 47.4 Å². The molecule has 0 bridgehead atoms. The number of hydrogen-bond acceptors (Lipinski definition) is 4. The minimum absolute atomic E-state index is 0.0985. The second kappa shape index (κ2) is 8.94. The van der Waals surface area contributed by atoms with E-state index in [4.69, 9.17) is 23.2 Å². The quantitative estimate of drug-likeness (QED) is 0.633. The average Bonchev–Trinajstić information content (AvgIpc) is 2.94. The molecule has 0 radical (unpaired) electrons. The lowest BCUT2D eigenvalue weighted by Gasteiger charge is -2.22. The van der Waals surface area contributed by atoms with Crippen molar-refractivity contribution >= 4 is 23.2 Å². The maximum Gasteiger partial charge on any atom is 0.138 e. The summed E-state index contributed by atoms with van der Waals surface area (Å²) in [7, 11) is 0. The molecule has 1 aromatic rings. The minimum atomic E-state index is 0.0985. The number of nitrogens with zero attached hydrogens (tertiary/aromatic N) is 1. The van der Waals surface area contributed by atoms with Gasteiger partial charge in [-0.25, -0.2) is 0 Å². The van der Waals surface area contributed by atoms with Crippen molar-refractivity contribution in [2.24, 2.45) is 0 Å². The van der Waals surface area contributed by atoms with Gasteiger partial charge < -0.3 is 15.5 Å². The fourth-order valence-corrected chi connectivity index (χ4v) is 3.47. The van der Waals surface area contributed by atoms with E-state index in [9.17, 15) is 10.2 Å². The standard InChI is InChI=1S/C16H24Cl2N2O2/c17-13-8-12(16(22)15(18)9-13)10-19-5-1-2-6-20-7-3-4-14(20)11-21/h8-9,14,19,21-22H,1-7,10-11H2. The first-order valence-electron chi connectivity index (χ1n) is 7.84. The summed E-state index contributed by atoms with van der Waals surface area (Å²) in [6.07, 6.45) is 4.47. The van der Waals surface area contributed by atoms with Crippen molar-refractivity contribution in [3.8, 4) is 5.75 Å². The third kappa shape index (κ3) is 5.00. The van der Waals surface area contributed by atoms with Gasteiger partial charge in [0.25, 0.3) is 0 Å². The topological polar surface area (TPSA) is 55.7 Å². The zero-order chi connectivity index (χ0) is 15.9. The number of phenols is 1. The lowest BCUT2D eigenvalue weighted by molar-refractivity contribution is 0.157. The summed E-state index contributed by atoms with van der Waals surface area (Å²) in [6, 6.07) is 3.63. The van der Waals surface area contributed by atoms with E-state index in [1.807, 2.05) is 0 Å². The molecule has 1 fully saturated rings. The molecule has 1 aliphatic heterocycles. The number of phenolic OH excluding ortho intramolecular Hbond substituents is 1. The summed E-state index contributed by atoms with van der Waals surface area (Å²) in [6.45, 7) is 3.85. The first kappa shape index (κ1) is 17.8. The van der Waals surface area contributed by atoms with Crippen LogP contribution in [-0.2, 0) is 6.54 Å². The molecular weight excluding hydrogens is 323 g/mol. The molecule has 0 aromatic heterocycles. The molecule has 2 rings (SSSR count). The number of aromatic hydroxyl groups is 1. The van der Waals surface area contributed by atoms with Crippen molar-refractivity contribution in [2.75, 3.05) is 26.2 Å². The predicted octanol–water partition coefficient (Wildman–Crippen LogP) is 3.03. The van der Waals surface area contributed by atoms with Crippen LogP contribution in [0, 0.1) is 0 Å². The summed E-state index contributed by atoms with van der Waals surface area (Å²) in [5.41, 5.74) is 0.720. The highest BCUT2D eigenvalue weighted by Crippen LogP contribution is 2.30. The number of unbranched alkanes of at least 4 members (excludes halogenated alkanes) is 1. The van der Waals surface area contributed by atoms with Gasteiger partial charge in [0.1, 0.15) is 5.75 Å². The van der Waals surface area contributed by atoms with Crippen molar-refractivity contribution in [1.29, 1.82) is 0 Å². The Kier molecular flexibility index (Phi) is 7.25. The number of rotatable bonds is 8. The van der Waals surface area contributed by atoms with Crippen LogP contribution in [0.3, 0.4) is 0 Å². The molecule has 0 saturated carbocycles. The molecule has 1 unspecified atom stereocenters. The molecule has 3 N–H and O–H groups in total. The predicted molar refractivity (Wildman–Crippen MR) is 90.7 cm³/mol. The Morgan fingerprint density at radius 3 is 2.86 bits per heavy atom. The molecule has 0 amide bonds. The summed E-state index contributed by atoms with van der Waals surface area (Å²) < 4.78 is 0. The second-order valence-electron chi connectivity index (χ2n) is 5.79. The molecule has 1 atom stereocenters. The van der Waals surface area contributed by atoms with Crippen LogP contribution in [0.25, 0.3) is 0 Å². The van der Waals surface area contributed by atoms with Crippen LogP contribution in [0.5, 0.6) is 5.75 Å². The lowest BCUT2D eigenvalue weighted by Crippen LogP contribution is -2.33. The number of aliphatic hydroxyl groups is 1. The number of aliphatic hydroxyl groups excluding tert-OH is 1. The summed E-state index contributed by atoms with van der Waals surface area (Å²) in [4.78, 5) is 2.38. The Morgan fingerprint density at radius 1 is 1.27 bits per heavy atom. The van der Waals surface area contributed by atoms with Gasteiger partial charge in [-0.05, 0) is 57.5 Å². The third-order valence-electron chi connectivity index (χ3n) is 4.18. The molecule has 124 valence electrons. The first-order valence-corrected chi connectivity index (χ1v) is 8.60. The lowest BCUT2D eigenvalue weighted by atomic mass is 10.2. The molecule has 1 heterocycles. The number of nitrogens with one attached hydrogen (secondary N) is 1. The Labute approximate surface area is 142 Å². The van der Waals surface area contributed by atoms with Crippen molar-refractivity contribution in [3.63, 3.8) is 0 Å². The average molecular weight is 347 g/mol. The first-order chi connectivity index (χ1) is 10.6. The zero-order valence-electron chi connectivity index (χ0n) is 12.7. The number of halogens is 2. The van der Waals surface area contributed by atoms with Gasteiger partial charge in [0.05, 0.1) is 11.6 Å². The van der Waals surface area contributed by atoms with Gasteiger partial charge in [-0.3, -0.25) is 4.90 Å². The van der Waals surface area contributed by atoms with E-state index >= 15 is 0 Å². The molecule has 4 nitrogen and oxygen atoms in total. The highest BCUT2D eigenvalue weighted by molar-refractivity contribution is 6.35. The van der Waals surface area contributed by atoms with Gasteiger partial charge >= 0.3 is 0 Å². The molecule has 6 heteroatoms. The number of hydrogen-bond donors (Lipinski definition) is 3. The second-order valence-corrected chi connectivity index (χ2v) is 6.64. The van der Waals surface area contributed by atoms with E-state index in [0.29, 0.717) is 17.6 Å². The van der Waals surface area contributed by atoms with Crippen molar-refractivity contribution in [2.45, 2.75) is 38.3 Å². The largest absolute Gasteiger partial charge is 0.506 e. The van der Waals surface area contributed by atoms with Crippen LogP contribution in [0.2, 0.25) is 10.0 Å². The van der Waals surface area contributed by atoms with Crippen molar-refractivity contribution in [3.05, 3.63) is 27.7 Å². The summed E-state index contributed by atoms with van der Waals surface area (Å²) in [5.74, 6) is 0.0985. The molecule has 0 spiro atoms. The molecule has 1 aliphatic rings. The van der Waals surface area contributed by atoms with Crippen LogP contribution >= 0.6 is 23.2 Å². The molecule has 1 saturated heterocycles. The van der Waals surface area contributed by atoms with Crippen molar-refractivity contribution in [1.82, 2.24) is 10.2 Å². The van der Waals surface area contributed by atoms with Crippen molar-refractivity contribution < 1.29 is 10.2 Å². The molecular formula is C16H24Cl2N2O2. The maximum absolute atomic E-state index is 9.86. The highest BCUT2D eigenvalue weighted by atomic mass is 35.5. The smallest absolute Gasteiger partial charge is 0.138 e. The maximum atomic E-state index is 9.86. The van der Waals surface area contributed by atoms with Crippen LogP contribution in [0.1, 0.15) is 31.2 Å². The van der Waals surface area contributed by atoms with Crippen LogP contribution in [0.15, 0.2) is 12.1 Å². The highest BCUT2D eigenvalue weighted by Gasteiger charge is 2.22. The van der Waals surface area contributed by atoms with Gasteiger partial charge in [0.15, 0.2) is 0 Å². The fourth-order valence-electron chi connectivity index (χ4n) is 2.94. The minimum Gasteiger partial charge on any atom is -0.506 e. The SMILES string of the molecule is OCC1CCCN1CCCCNCc1cc(Cl)cc(Cl)c1O. The third-order valence-corrected chi connectivity index (χ3v) is 4.69. The summed E-state index contributed by atoms with van der Waals surface area (Å²) >= 11 is 11.8. The molecule has 22 heavy (non-hydrogen) atoms. The van der Waals surface area contributed by atoms with E-state index in [0.717, 1.165) is 44.5 Å². The number of benzene rings is 1. The molecule has 0 aliphatic carbocycles. The van der Waals surface area contributed by atoms with E-state index in [-0.39, 0.29) is 17.4 Å². The van der Waals surface area contributed by atoms with Gasteiger partial charge in [-0.1, -0.05) is 23.2 Å². The Morgan fingerprint density at radius 2 is 2.09 bits per heavy atom. The Hall–Kier alpha value is -0.520. The van der Waals surface area contributed by atoms with Gasteiger partial charge in [-0.2, -0.15) is 0 Å².